The summed E-state index contributed by atoms with van der Waals surface area (Å²) in [7, 11) is 0. The quantitative estimate of drug-likeness (QED) is 0.740. The number of hydrogen-bond donors (Lipinski definition) is 1. The number of piperazine rings is 1. The lowest BCUT2D eigenvalue weighted by molar-refractivity contribution is -0.114. The third-order valence-corrected chi connectivity index (χ3v) is 5.71. The maximum absolute atomic E-state index is 11.1. The molecule has 1 saturated heterocycles. The molecule has 0 spiro atoms. The first-order valence-corrected chi connectivity index (χ1v) is 9.72. The summed E-state index contributed by atoms with van der Waals surface area (Å²) in [6, 6.07) is 6.61. The summed E-state index contributed by atoms with van der Waals surface area (Å²) < 4.78 is 0. The van der Waals surface area contributed by atoms with Crippen LogP contribution < -0.4 is 10.2 Å². The van der Waals surface area contributed by atoms with Crippen LogP contribution in [0.4, 0.5) is 10.3 Å². The number of aromatic nitrogens is 4. The van der Waals surface area contributed by atoms with Gasteiger partial charge in [0.25, 0.3) is 0 Å². The van der Waals surface area contributed by atoms with Crippen molar-refractivity contribution in [1.29, 1.82) is 0 Å². The Balaban J connectivity index is 1.40. The van der Waals surface area contributed by atoms with Crippen molar-refractivity contribution in [1.82, 2.24) is 25.1 Å². The molecule has 27 heavy (non-hydrogen) atoms. The minimum atomic E-state index is -0.128. The molecule has 2 aromatic heterocycles. The third-order valence-electron chi connectivity index (χ3n) is 4.81. The van der Waals surface area contributed by atoms with Gasteiger partial charge in [-0.1, -0.05) is 17.4 Å². The van der Waals surface area contributed by atoms with Gasteiger partial charge in [-0.25, -0.2) is 0 Å². The molecule has 1 aromatic carbocycles. The van der Waals surface area contributed by atoms with Crippen LogP contribution >= 0.6 is 11.3 Å². The van der Waals surface area contributed by atoms with Crippen molar-refractivity contribution in [2.24, 2.45) is 0 Å². The van der Waals surface area contributed by atoms with Crippen molar-refractivity contribution in [3.8, 4) is 0 Å². The zero-order valence-corrected chi connectivity index (χ0v) is 16.1. The molecule has 3 aromatic rings. The van der Waals surface area contributed by atoms with E-state index >= 15 is 0 Å². The number of rotatable bonds is 4. The van der Waals surface area contributed by atoms with E-state index in [0.29, 0.717) is 11.2 Å². The second kappa shape index (κ2) is 7.53. The van der Waals surface area contributed by atoms with E-state index in [1.54, 1.807) is 12.4 Å². The fraction of sp³-hybridized carbons (Fsp3) is 0.389. The van der Waals surface area contributed by atoms with Crippen molar-refractivity contribution >= 4 is 38.5 Å². The van der Waals surface area contributed by atoms with Crippen molar-refractivity contribution in [3.63, 3.8) is 0 Å². The van der Waals surface area contributed by atoms with Crippen LogP contribution in [0.1, 0.15) is 25.5 Å². The first kappa shape index (κ1) is 17.7. The topological polar surface area (TPSA) is 87.1 Å². The molecule has 8 nitrogen and oxygen atoms in total. The standard InChI is InChI=1S/C18H21N7OS/c1-12(14-3-4-15-16(11-14)20-6-5-19-15)24-7-9-25(10-8-24)18-23-22-17(27-18)21-13(2)26/h3-6,11-12H,7-10H2,1-2H3,(H,21,22,26). The van der Waals surface area contributed by atoms with Gasteiger partial charge in [0.2, 0.25) is 16.2 Å². The first-order valence-electron chi connectivity index (χ1n) is 8.91. The number of amides is 1. The van der Waals surface area contributed by atoms with Crippen molar-refractivity contribution in [3.05, 3.63) is 36.2 Å². The second-order valence-corrected chi connectivity index (χ2v) is 7.53. The fourth-order valence-corrected chi connectivity index (χ4v) is 4.14. The van der Waals surface area contributed by atoms with E-state index in [2.05, 4.69) is 54.3 Å². The SMILES string of the molecule is CC(=O)Nc1nnc(N2CCN(C(C)c3ccc4nccnc4c3)CC2)s1. The minimum absolute atomic E-state index is 0.128. The lowest BCUT2D eigenvalue weighted by atomic mass is 10.1. The number of carbonyl (C=O) groups is 1. The van der Waals surface area contributed by atoms with Crippen molar-refractivity contribution < 1.29 is 4.79 Å². The van der Waals surface area contributed by atoms with Crippen molar-refractivity contribution in [2.75, 3.05) is 36.4 Å². The van der Waals surface area contributed by atoms with Gasteiger partial charge < -0.3 is 10.2 Å². The van der Waals surface area contributed by atoms with Crippen molar-refractivity contribution in [2.45, 2.75) is 19.9 Å². The molecule has 1 amide bonds. The highest BCUT2D eigenvalue weighted by atomic mass is 32.1. The van der Waals surface area contributed by atoms with Gasteiger partial charge in [-0.05, 0) is 24.6 Å². The summed E-state index contributed by atoms with van der Waals surface area (Å²) in [4.78, 5) is 24.6. The molecular formula is C18H21N7OS. The Kier molecular flexibility index (Phi) is 4.95. The van der Waals surface area contributed by atoms with Gasteiger partial charge in [-0.2, -0.15) is 0 Å². The first-order chi connectivity index (χ1) is 13.1. The Bertz CT molecular complexity index is 952. The maximum atomic E-state index is 11.1. The zero-order valence-electron chi connectivity index (χ0n) is 15.3. The van der Waals surface area contributed by atoms with Crippen LogP contribution in [-0.4, -0.2) is 57.2 Å². The molecule has 0 saturated carbocycles. The average molecular weight is 383 g/mol. The summed E-state index contributed by atoms with van der Waals surface area (Å²) in [5, 5.41) is 12.3. The minimum Gasteiger partial charge on any atom is -0.344 e. The van der Waals surface area contributed by atoms with E-state index in [1.165, 1.54) is 23.8 Å². The van der Waals surface area contributed by atoms with Crippen LogP contribution in [0.25, 0.3) is 11.0 Å². The Hall–Kier alpha value is -2.65. The van der Waals surface area contributed by atoms with Crippen LogP contribution in [0.2, 0.25) is 0 Å². The number of nitrogens with one attached hydrogen (secondary N) is 1. The molecule has 0 radical (unpaired) electrons. The van der Waals surface area contributed by atoms with E-state index in [-0.39, 0.29) is 5.91 Å². The molecule has 1 N–H and O–H groups in total. The summed E-state index contributed by atoms with van der Waals surface area (Å²) in [5.41, 5.74) is 3.10. The molecule has 1 atom stereocenters. The number of hydrogen-bond acceptors (Lipinski definition) is 8. The fourth-order valence-electron chi connectivity index (χ4n) is 3.30. The number of fused-ring (bicyclic) bond motifs is 1. The summed E-state index contributed by atoms with van der Waals surface area (Å²) >= 11 is 1.41. The molecule has 140 valence electrons. The molecule has 9 heteroatoms. The molecule has 1 aliphatic rings. The molecule has 0 bridgehead atoms. The van der Waals surface area contributed by atoms with E-state index in [0.717, 1.165) is 42.3 Å². The van der Waals surface area contributed by atoms with E-state index in [9.17, 15) is 4.79 Å². The largest absolute Gasteiger partial charge is 0.344 e. The lowest BCUT2D eigenvalue weighted by Gasteiger charge is -2.38. The van der Waals surface area contributed by atoms with E-state index < -0.39 is 0 Å². The van der Waals surface area contributed by atoms with E-state index in [4.69, 9.17) is 0 Å². The van der Waals surface area contributed by atoms with Crippen LogP contribution in [0, 0.1) is 0 Å². The number of benzene rings is 1. The van der Waals surface area contributed by atoms with E-state index in [1.807, 2.05) is 6.07 Å². The van der Waals surface area contributed by atoms with Gasteiger partial charge in [0, 0.05) is 51.5 Å². The van der Waals surface area contributed by atoms with Crippen LogP contribution in [-0.2, 0) is 4.79 Å². The highest BCUT2D eigenvalue weighted by molar-refractivity contribution is 7.19. The number of carbonyl (C=O) groups excluding carboxylic acids is 1. The average Bonchev–Trinajstić information content (AvgIpc) is 3.15. The summed E-state index contributed by atoms with van der Waals surface area (Å²) in [5.74, 6) is -0.128. The Morgan fingerprint density at radius 1 is 1.11 bits per heavy atom. The van der Waals surface area contributed by atoms with Crippen LogP contribution in [0.5, 0.6) is 0 Å². The molecule has 0 aliphatic carbocycles. The van der Waals surface area contributed by atoms with Gasteiger partial charge in [0.05, 0.1) is 11.0 Å². The number of nitrogens with zero attached hydrogens (tertiary/aromatic N) is 6. The Morgan fingerprint density at radius 3 is 2.59 bits per heavy atom. The van der Waals surface area contributed by atoms with Gasteiger partial charge in [-0.15, -0.1) is 10.2 Å². The monoisotopic (exact) mass is 383 g/mol. The van der Waals surface area contributed by atoms with Crippen LogP contribution in [0.15, 0.2) is 30.6 Å². The van der Waals surface area contributed by atoms with Gasteiger partial charge in [0.1, 0.15) is 0 Å². The van der Waals surface area contributed by atoms with Crippen LogP contribution in [0.3, 0.4) is 0 Å². The zero-order chi connectivity index (χ0) is 18.8. The van der Waals surface area contributed by atoms with Gasteiger partial charge >= 0.3 is 0 Å². The highest BCUT2D eigenvalue weighted by Gasteiger charge is 2.24. The molecular weight excluding hydrogens is 362 g/mol. The molecule has 3 heterocycles. The van der Waals surface area contributed by atoms with Gasteiger partial charge in [0.15, 0.2) is 0 Å². The third kappa shape index (κ3) is 3.88. The Morgan fingerprint density at radius 2 is 1.85 bits per heavy atom. The smallest absolute Gasteiger partial charge is 0.223 e. The molecule has 1 unspecified atom stereocenters. The normalized spacial score (nSPS) is 16.4. The summed E-state index contributed by atoms with van der Waals surface area (Å²) in [6.07, 6.45) is 3.45. The Labute approximate surface area is 161 Å². The second-order valence-electron chi connectivity index (χ2n) is 6.57. The number of anilines is 2. The summed E-state index contributed by atoms with van der Waals surface area (Å²) in [6.45, 7) is 7.34. The maximum Gasteiger partial charge on any atom is 0.223 e. The molecule has 1 fully saturated rings. The predicted molar refractivity (Wildman–Crippen MR) is 106 cm³/mol. The molecule has 4 rings (SSSR count). The molecule has 1 aliphatic heterocycles. The highest BCUT2D eigenvalue weighted by Crippen LogP contribution is 2.28. The van der Waals surface area contributed by atoms with Gasteiger partial charge in [-0.3, -0.25) is 19.7 Å². The predicted octanol–water partition coefficient (Wildman–Crippen LogP) is 2.32. The lowest BCUT2D eigenvalue weighted by Crippen LogP contribution is -2.47.